The number of nitrogens with zero attached hydrogens (tertiary/aromatic N) is 2. The Morgan fingerprint density at radius 2 is 2.45 bits per heavy atom. The summed E-state index contributed by atoms with van der Waals surface area (Å²) in [5.74, 6) is -1.31. The molecule has 60 valence electrons. The van der Waals surface area contributed by atoms with Crippen LogP contribution in [0.2, 0.25) is 0 Å². The molecule has 4 nitrogen and oxygen atoms in total. The third kappa shape index (κ3) is 1.39. The highest BCUT2D eigenvalue weighted by Crippen LogP contribution is 2.12. The highest BCUT2D eigenvalue weighted by atomic mass is 16.4. The van der Waals surface area contributed by atoms with Crippen molar-refractivity contribution in [3.05, 3.63) is 18.0 Å². The van der Waals surface area contributed by atoms with Gasteiger partial charge in [-0.3, -0.25) is 9.48 Å². The highest BCUT2D eigenvalue weighted by Gasteiger charge is 2.15. The largest absolute Gasteiger partial charge is 0.481 e. The summed E-state index contributed by atoms with van der Waals surface area (Å²) >= 11 is 0. The average molecular weight is 154 g/mol. The molecule has 0 aliphatic heterocycles. The van der Waals surface area contributed by atoms with Gasteiger partial charge in [0.2, 0.25) is 0 Å². The summed E-state index contributed by atoms with van der Waals surface area (Å²) < 4.78 is 1.57. The molecule has 0 saturated carbocycles. The van der Waals surface area contributed by atoms with E-state index in [1.54, 1.807) is 30.9 Å². The van der Waals surface area contributed by atoms with Gasteiger partial charge in [0.1, 0.15) is 0 Å². The smallest absolute Gasteiger partial charge is 0.312 e. The molecule has 0 fully saturated rings. The van der Waals surface area contributed by atoms with Crippen LogP contribution in [0, 0.1) is 0 Å². The zero-order valence-electron chi connectivity index (χ0n) is 6.48. The highest BCUT2D eigenvalue weighted by molar-refractivity contribution is 5.74. The monoisotopic (exact) mass is 154 g/mol. The lowest BCUT2D eigenvalue weighted by Gasteiger charge is -2.04. The molecule has 1 N–H and O–H groups in total. The minimum atomic E-state index is -0.825. The third-order valence-electron chi connectivity index (χ3n) is 1.67. The van der Waals surface area contributed by atoms with Gasteiger partial charge in [0, 0.05) is 13.2 Å². The van der Waals surface area contributed by atoms with Crippen molar-refractivity contribution in [3.63, 3.8) is 0 Å². The van der Waals surface area contributed by atoms with Crippen LogP contribution < -0.4 is 0 Å². The molecular weight excluding hydrogens is 144 g/mol. The third-order valence-corrected chi connectivity index (χ3v) is 1.67. The van der Waals surface area contributed by atoms with Gasteiger partial charge in [-0.2, -0.15) is 5.10 Å². The van der Waals surface area contributed by atoms with Crippen molar-refractivity contribution in [2.75, 3.05) is 0 Å². The second-order valence-corrected chi connectivity index (χ2v) is 2.44. The van der Waals surface area contributed by atoms with Crippen molar-refractivity contribution in [3.8, 4) is 0 Å². The van der Waals surface area contributed by atoms with Crippen molar-refractivity contribution < 1.29 is 9.90 Å². The molecule has 0 amide bonds. The molecule has 0 bridgehead atoms. The number of hydrogen-bond acceptors (Lipinski definition) is 2. The predicted octanol–water partition coefficient (Wildman–Crippen LogP) is 0.608. The van der Waals surface area contributed by atoms with Crippen molar-refractivity contribution in [2.24, 2.45) is 7.05 Å². The maximum Gasteiger partial charge on any atom is 0.312 e. The van der Waals surface area contributed by atoms with Gasteiger partial charge in [0.05, 0.1) is 11.6 Å². The summed E-state index contributed by atoms with van der Waals surface area (Å²) in [6.07, 6.45) is 1.59. The Labute approximate surface area is 64.5 Å². The fourth-order valence-corrected chi connectivity index (χ4v) is 0.935. The molecular formula is C7H10N2O2. The molecule has 0 spiro atoms. The second kappa shape index (κ2) is 2.74. The normalized spacial score (nSPS) is 12.9. The number of carbonyl (C=O) groups is 1. The fourth-order valence-electron chi connectivity index (χ4n) is 0.935. The van der Waals surface area contributed by atoms with E-state index in [1.165, 1.54) is 0 Å². The Hall–Kier alpha value is -1.32. The first kappa shape index (κ1) is 7.78. The number of aryl methyl sites for hydroxylation is 1. The lowest BCUT2D eigenvalue weighted by atomic mass is 10.1. The van der Waals surface area contributed by atoms with Crippen LogP contribution >= 0.6 is 0 Å². The molecule has 0 unspecified atom stereocenters. The number of carboxylic acid groups (broad SMARTS) is 1. The van der Waals surface area contributed by atoms with Crippen molar-refractivity contribution in [1.82, 2.24) is 9.78 Å². The molecule has 4 heteroatoms. The van der Waals surface area contributed by atoms with Crippen LogP contribution in [0.15, 0.2) is 12.3 Å². The molecule has 0 aromatic carbocycles. The molecule has 1 atom stereocenters. The predicted molar refractivity (Wildman–Crippen MR) is 39.3 cm³/mol. The van der Waals surface area contributed by atoms with E-state index in [0.717, 1.165) is 5.69 Å². The van der Waals surface area contributed by atoms with E-state index in [2.05, 4.69) is 5.10 Å². The zero-order chi connectivity index (χ0) is 8.43. The second-order valence-electron chi connectivity index (χ2n) is 2.44. The first-order valence-electron chi connectivity index (χ1n) is 3.33. The van der Waals surface area contributed by atoms with Gasteiger partial charge in [-0.1, -0.05) is 0 Å². The average Bonchev–Trinajstić information content (AvgIpc) is 2.33. The van der Waals surface area contributed by atoms with Gasteiger partial charge in [0.25, 0.3) is 0 Å². The van der Waals surface area contributed by atoms with E-state index in [4.69, 9.17) is 5.11 Å². The zero-order valence-corrected chi connectivity index (χ0v) is 6.48. The number of aliphatic carboxylic acids is 1. The molecule has 1 aromatic rings. The lowest BCUT2D eigenvalue weighted by molar-refractivity contribution is -0.138. The van der Waals surface area contributed by atoms with Gasteiger partial charge in [0.15, 0.2) is 0 Å². The van der Waals surface area contributed by atoms with Gasteiger partial charge in [-0.15, -0.1) is 0 Å². The van der Waals surface area contributed by atoms with Crippen LogP contribution in [-0.2, 0) is 11.8 Å². The fraction of sp³-hybridized carbons (Fsp3) is 0.429. The summed E-state index contributed by atoms with van der Waals surface area (Å²) in [4.78, 5) is 10.5. The molecule has 11 heavy (non-hydrogen) atoms. The van der Waals surface area contributed by atoms with Crippen LogP contribution in [0.1, 0.15) is 18.5 Å². The molecule has 1 rings (SSSR count). The summed E-state index contributed by atoms with van der Waals surface area (Å²) in [5.41, 5.74) is 0.720. The van der Waals surface area contributed by atoms with Crippen LogP contribution in [0.4, 0.5) is 0 Å². The van der Waals surface area contributed by atoms with E-state index < -0.39 is 11.9 Å². The molecule has 1 heterocycles. The van der Waals surface area contributed by atoms with E-state index in [9.17, 15) is 4.79 Å². The number of aromatic nitrogens is 2. The van der Waals surface area contributed by atoms with Gasteiger partial charge >= 0.3 is 5.97 Å². The van der Waals surface area contributed by atoms with Gasteiger partial charge in [-0.05, 0) is 13.0 Å². The Morgan fingerprint density at radius 3 is 2.82 bits per heavy atom. The van der Waals surface area contributed by atoms with Gasteiger partial charge in [-0.25, -0.2) is 0 Å². The molecule has 0 saturated heterocycles. The minimum absolute atomic E-state index is 0.484. The van der Waals surface area contributed by atoms with Crippen molar-refractivity contribution >= 4 is 5.97 Å². The Kier molecular flexibility index (Phi) is 1.94. The standard InChI is InChI=1S/C7H10N2O2/c1-5(7(10)11)6-3-4-8-9(6)2/h3-5H,1-2H3,(H,10,11)/t5-/m0/s1. The Bertz CT molecular complexity index is 267. The first-order valence-corrected chi connectivity index (χ1v) is 3.33. The SMILES string of the molecule is C[C@H](C(=O)O)c1ccnn1C. The summed E-state index contributed by atoms with van der Waals surface area (Å²) in [6, 6.07) is 1.71. The lowest BCUT2D eigenvalue weighted by Crippen LogP contribution is -2.11. The van der Waals surface area contributed by atoms with Crippen LogP contribution in [0.25, 0.3) is 0 Å². The minimum Gasteiger partial charge on any atom is -0.481 e. The maximum absolute atomic E-state index is 10.5. The van der Waals surface area contributed by atoms with E-state index in [1.807, 2.05) is 0 Å². The van der Waals surface area contributed by atoms with E-state index >= 15 is 0 Å². The first-order chi connectivity index (χ1) is 5.13. The topological polar surface area (TPSA) is 55.1 Å². The summed E-state index contributed by atoms with van der Waals surface area (Å²) in [6.45, 7) is 1.64. The summed E-state index contributed by atoms with van der Waals surface area (Å²) in [5, 5.41) is 12.5. The van der Waals surface area contributed by atoms with Crippen molar-refractivity contribution in [2.45, 2.75) is 12.8 Å². The quantitative estimate of drug-likeness (QED) is 0.679. The van der Waals surface area contributed by atoms with Gasteiger partial charge < -0.3 is 5.11 Å². The number of hydrogen-bond donors (Lipinski definition) is 1. The number of carboxylic acids is 1. The van der Waals surface area contributed by atoms with Crippen LogP contribution in [-0.4, -0.2) is 20.9 Å². The van der Waals surface area contributed by atoms with E-state index in [-0.39, 0.29) is 0 Å². The van der Waals surface area contributed by atoms with E-state index in [0.29, 0.717) is 0 Å². The van der Waals surface area contributed by atoms with Crippen LogP contribution in [0.5, 0.6) is 0 Å². The maximum atomic E-state index is 10.5. The molecule has 0 aliphatic rings. The molecule has 0 aliphatic carbocycles. The number of rotatable bonds is 2. The summed E-state index contributed by atoms with van der Waals surface area (Å²) in [7, 11) is 1.73. The Morgan fingerprint density at radius 1 is 1.82 bits per heavy atom. The molecule has 0 radical (unpaired) electrons. The molecule has 1 aromatic heterocycles. The Balaban J connectivity index is 2.92. The van der Waals surface area contributed by atoms with Crippen molar-refractivity contribution in [1.29, 1.82) is 0 Å². The van der Waals surface area contributed by atoms with Crippen LogP contribution in [0.3, 0.4) is 0 Å².